The Labute approximate surface area is 163 Å². The van der Waals surface area contributed by atoms with E-state index < -0.39 is 5.97 Å². The van der Waals surface area contributed by atoms with E-state index in [-0.39, 0.29) is 24.3 Å². The molecule has 1 aromatic heterocycles. The number of hydrogen-bond acceptors (Lipinski definition) is 3. The van der Waals surface area contributed by atoms with Crippen LogP contribution in [0.5, 0.6) is 0 Å². The minimum Gasteiger partial charge on any atom is -0.481 e. The Balaban J connectivity index is 1.75. The maximum absolute atomic E-state index is 13.9. The maximum Gasteiger partial charge on any atom is 0.303 e. The minimum absolute atomic E-state index is 0.0490. The SMILES string of the molecule is NCC(CCc1ccccc1F)N[C@@H](CCC(=O)O)c1c[nH]c2ccccc12. The van der Waals surface area contributed by atoms with E-state index in [4.69, 9.17) is 10.8 Å². The minimum atomic E-state index is -0.831. The molecule has 2 aromatic carbocycles. The topological polar surface area (TPSA) is 91.1 Å². The molecule has 3 aromatic rings. The highest BCUT2D eigenvalue weighted by Crippen LogP contribution is 2.28. The lowest BCUT2D eigenvalue weighted by Crippen LogP contribution is -2.39. The molecular weight excluding hydrogens is 357 g/mol. The highest BCUT2D eigenvalue weighted by atomic mass is 19.1. The van der Waals surface area contributed by atoms with E-state index in [0.29, 0.717) is 31.4 Å². The summed E-state index contributed by atoms with van der Waals surface area (Å²) in [6.07, 6.45) is 3.67. The standard InChI is InChI=1S/C22H26FN3O2/c23-19-7-3-1-5-15(19)9-10-16(13-24)26-21(11-12-22(27)28)18-14-25-20-8-4-2-6-17(18)20/h1-8,14,16,21,25-26H,9-13,24H2,(H,27,28)/t16?,21-/m0/s1. The van der Waals surface area contributed by atoms with Gasteiger partial charge in [-0.3, -0.25) is 4.79 Å². The van der Waals surface area contributed by atoms with Gasteiger partial charge in [0.05, 0.1) is 0 Å². The third-order valence-corrected chi connectivity index (χ3v) is 5.08. The first-order chi connectivity index (χ1) is 13.6. The Kier molecular flexibility index (Phi) is 6.79. The van der Waals surface area contributed by atoms with Crippen molar-refractivity contribution < 1.29 is 14.3 Å². The van der Waals surface area contributed by atoms with E-state index >= 15 is 0 Å². The third kappa shape index (κ3) is 4.97. The molecule has 0 bridgehead atoms. The molecule has 5 nitrogen and oxygen atoms in total. The number of halogens is 1. The van der Waals surface area contributed by atoms with Gasteiger partial charge in [-0.15, -0.1) is 0 Å². The highest BCUT2D eigenvalue weighted by molar-refractivity contribution is 5.83. The Morgan fingerprint density at radius 1 is 1.14 bits per heavy atom. The van der Waals surface area contributed by atoms with Gasteiger partial charge >= 0.3 is 5.97 Å². The van der Waals surface area contributed by atoms with Crippen molar-refractivity contribution in [2.24, 2.45) is 5.73 Å². The third-order valence-electron chi connectivity index (χ3n) is 5.08. The van der Waals surface area contributed by atoms with Gasteiger partial charge in [0.15, 0.2) is 0 Å². The molecule has 0 aliphatic carbocycles. The van der Waals surface area contributed by atoms with Crippen LogP contribution in [0.4, 0.5) is 4.39 Å². The van der Waals surface area contributed by atoms with Crippen molar-refractivity contribution in [3.8, 4) is 0 Å². The molecule has 0 aliphatic heterocycles. The molecular formula is C22H26FN3O2. The lowest BCUT2D eigenvalue weighted by Gasteiger charge is -2.25. The van der Waals surface area contributed by atoms with Crippen LogP contribution in [0.25, 0.3) is 10.9 Å². The summed E-state index contributed by atoms with van der Waals surface area (Å²) in [5.74, 6) is -1.04. The molecule has 0 fully saturated rings. The zero-order valence-corrected chi connectivity index (χ0v) is 15.7. The number of benzene rings is 2. The molecule has 28 heavy (non-hydrogen) atoms. The predicted octanol–water partition coefficient (Wildman–Crippen LogP) is 3.76. The van der Waals surface area contributed by atoms with Gasteiger partial charge in [-0.05, 0) is 42.5 Å². The number of para-hydroxylation sites is 1. The summed E-state index contributed by atoms with van der Waals surface area (Å²) in [6.45, 7) is 0.389. The molecule has 1 unspecified atom stereocenters. The second kappa shape index (κ2) is 9.48. The maximum atomic E-state index is 13.9. The van der Waals surface area contributed by atoms with E-state index in [1.54, 1.807) is 12.1 Å². The molecule has 0 aliphatic rings. The van der Waals surface area contributed by atoms with Gasteiger partial charge in [0.25, 0.3) is 0 Å². The summed E-state index contributed by atoms with van der Waals surface area (Å²) in [4.78, 5) is 14.4. The number of nitrogens with two attached hydrogens (primary N) is 1. The second-order valence-electron chi connectivity index (χ2n) is 7.00. The molecule has 1 heterocycles. The molecule has 0 radical (unpaired) electrons. The number of carbonyl (C=O) groups is 1. The average Bonchev–Trinajstić information content (AvgIpc) is 3.12. The van der Waals surface area contributed by atoms with Gasteiger partial charge in [-0.2, -0.15) is 0 Å². The van der Waals surface area contributed by atoms with E-state index in [2.05, 4.69) is 10.3 Å². The van der Waals surface area contributed by atoms with Gasteiger partial charge in [-0.25, -0.2) is 4.39 Å². The highest BCUT2D eigenvalue weighted by Gasteiger charge is 2.20. The van der Waals surface area contributed by atoms with Gasteiger partial charge in [0.2, 0.25) is 0 Å². The first kappa shape index (κ1) is 20.0. The van der Waals surface area contributed by atoms with Gasteiger partial charge in [0.1, 0.15) is 5.82 Å². The summed E-state index contributed by atoms with van der Waals surface area (Å²) in [6, 6.07) is 14.5. The molecule has 5 N–H and O–H groups in total. The van der Waals surface area contributed by atoms with Crippen LogP contribution in [0.1, 0.15) is 36.4 Å². The summed E-state index contributed by atoms with van der Waals surface area (Å²) in [5.41, 5.74) is 8.67. The number of nitrogens with one attached hydrogen (secondary N) is 2. The Morgan fingerprint density at radius 3 is 2.64 bits per heavy atom. The summed E-state index contributed by atoms with van der Waals surface area (Å²) in [5, 5.41) is 13.7. The summed E-state index contributed by atoms with van der Waals surface area (Å²) < 4.78 is 13.9. The molecule has 148 valence electrons. The number of carboxylic acids is 1. The van der Waals surface area contributed by atoms with Crippen molar-refractivity contribution in [2.45, 2.75) is 37.8 Å². The molecule has 0 spiro atoms. The number of fused-ring (bicyclic) bond motifs is 1. The molecule has 0 saturated heterocycles. The summed E-state index contributed by atoms with van der Waals surface area (Å²) in [7, 11) is 0. The quantitative estimate of drug-likeness (QED) is 0.429. The van der Waals surface area contributed by atoms with E-state index in [9.17, 15) is 9.18 Å². The van der Waals surface area contributed by atoms with Crippen molar-refractivity contribution in [3.63, 3.8) is 0 Å². The van der Waals surface area contributed by atoms with Crippen molar-refractivity contribution in [1.29, 1.82) is 0 Å². The van der Waals surface area contributed by atoms with Crippen LogP contribution in [0.2, 0.25) is 0 Å². The number of aryl methyl sites for hydroxylation is 1. The average molecular weight is 383 g/mol. The van der Waals surface area contributed by atoms with Gasteiger partial charge < -0.3 is 21.1 Å². The van der Waals surface area contributed by atoms with Crippen LogP contribution >= 0.6 is 0 Å². The molecule has 0 amide bonds. The molecule has 2 atom stereocenters. The number of H-pyrrole nitrogens is 1. The fourth-order valence-electron chi connectivity index (χ4n) is 3.56. The number of carboxylic acid groups (broad SMARTS) is 1. The second-order valence-corrected chi connectivity index (χ2v) is 7.00. The van der Waals surface area contributed by atoms with E-state index in [0.717, 1.165) is 16.5 Å². The number of aliphatic carboxylic acids is 1. The van der Waals surface area contributed by atoms with Crippen molar-refractivity contribution in [2.75, 3.05) is 6.54 Å². The van der Waals surface area contributed by atoms with Crippen LogP contribution in [0.15, 0.2) is 54.7 Å². The first-order valence-electron chi connectivity index (χ1n) is 9.55. The lowest BCUT2D eigenvalue weighted by atomic mass is 9.98. The Hall–Kier alpha value is -2.70. The molecule has 0 saturated carbocycles. The Morgan fingerprint density at radius 2 is 1.89 bits per heavy atom. The number of hydrogen-bond donors (Lipinski definition) is 4. The predicted molar refractivity (Wildman–Crippen MR) is 109 cm³/mol. The fraction of sp³-hybridized carbons (Fsp3) is 0.318. The number of rotatable bonds is 10. The van der Waals surface area contributed by atoms with Gasteiger partial charge in [-0.1, -0.05) is 36.4 Å². The normalized spacial score (nSPS) is 13.5. The number of aromatic nitrogens is 1. The van der Waals surface area contributed by atoms with Crippen molar-refractivity contribution in [3.05, 3.63) is 71.7 Å². The lowest BCUT2D eigenvalue weighted by molar-refractivity contribution is -0.137. The van der Waals surface area contributed by atoms with Crippen molar-refractivity contribution >= 4 is 16.9 Å². The molecule has 3 rings (SSSR count). The van der Waals surface area contributed by atoms with Crippen LogP contribution < -0.4 is 11.1 Å². The van der Waals surface area contributed by atoms with Crippen molar-refractivity contribution in [1.82, 2.24) is 10.3 Å². The van der Waals surface area contributed by atoms with Gasteiger partial charge in [0, 0.05) is 42.1 Å². The smallest absolute Gasteiger partial charge is 0.303 e. The summed E-state index contributed by atoms with van der Waals surface area (Å²) >= 11 is 0. The number of aromatic amines is 1. The van der Waals surface area contributed by atoms with E-state index in [1.807, 2.05) is 36.5 Å². The van der Waals surface area contributed by atoms with Crippen LogP contribution in [-0.2, 0) is 11.2 Å². The largest absolute Gasteiger partial charge is 0.481 e. The fourth-order valence-corrected chi connectivity index (χ4v) is 3.56. The van der Waals surface area contributed by atoms with E-state index in [1.165, 1.54) is 6.07 Å². The Bertz CT molecular complexity index is 925. The zero-order chi connectivity index (χ0) is 19.9. The van der Waals surface area contributed by atoms with Crippen LogP contribution in [-0.4, -0.2) is 28.6 Å². The monoisotopic (exact) mass is 383 g/mol. The first-order valence-corrected chi connectivity index (χ1v) is 9.55. The zero-order valence-electron chi connectivity index (χ0n) is 15.7. The van der Waals surface area contributed by atoms with Crippen LogP contribution in [0.3, 0.4) is 0 Å². The van der Waals surface area contributed by atoms with Crippen LogP contribution in [0, 0.1) is 5.82 Å². The molecule has 6 heteroatoms.